The Morgan fingerprint density at radius 3 is 2.79 bits per heavy atom. The highest BCUT2D eigenvalue weighted by Gasteiger charge is 2.18. The summed E-state index contributed by atoms with van der Waals surface area (Å²) in [5, 5.41) is 0.648. The number of halogens is 1. The van der Waals surface area contributed by atoms with Gasteiger partial charge in [0.2, 0.25) is 5.91 Å². The number of oxazole rings is 1. The summed E-state index contributed by atoms with van der Waals surface area (Å²) in [7, 11) is 0. The second kappa shape index (κ2) is 8.16. The summed E-state index contributed by atoms with van der Waals surface area (Å²) in [5.74, 6) is 0.491. The SMILES string of the molecule is O=C(CCc1ncc(-c2ccc(Cl)cc2)o1)NNC(=O)c1cc2c(s1)CCC2. The minimum atomic E-state index is -0.302. The zero-order chi connectivity index (χ0) is 19.5. The molecule has 0 spiro atoms. The van der Waals surface area contributed by atoms with Crippen LogP contribution < -0.4 is 10.9 Å². The zero-order valence-corrected chi connectivity index (χ0v) is 16.5. The highest BCUT2D eigenvalue weighted by atomic mass is 35.5. The van der Waals surface area contributed by atoms with Crippen LogP contribution in [0.2, 0.25) is 5.02 Å². The van der Waals surface area contributed by atoms with Gasteiger partial charge in [-0.1, -0.05) is 11.6 Å². The minimum Gasteiger partial charge on any atom is -0.441 e. The number of thiophene rings is 1. The van der Waals surface area contributed by atoms with Crippen LogP contribution in [0.15, 0.2) is 40.9 Å². The number of amides is 2. The van der Waals surface area contributed by atoms with Gasteiger partial charge in [0, 0.05) is 28.3 Å². The summed E-state index contributed by atoms with van der Waals surface area (Å²) >= 11 is 7.38. The highest BCUT2D eigenvalue weighted by molar-refractivity contribution is 7.14. The molecule has 2 heterocycles. The maximum atomic E-state index is 12.2. The fourth-order valence-corrected chi connectivity index (χ4v) is 4.36. The van der Waals surface area contributed by atoms with Gasteiger partial charge in [-0.25, -0.2) is 4.98 Å². The number of carbonyl (C=O) groups excluding carboxylic acids is 2. The number of aryl methyl sites for hydroxylation is 3. The van der Waals surface area contributed by atoms with E-state index in [1.54, 1.807) is 18.3 Å². The average Bonchev–Trinajstić information content (AvgIpc) is 3.41. The molecule has 0 bridgehead atoms. The number of benzene rings is 1. The van der Waals surface area contributed by atoms with Gasteiger partial charge >= 0.3 is 0 Å². The third-order valence-electron chi connectivity index (χ3n) is 4.53. The minimum absolute atomic E-state index is 0.155. The Bertz CT molecular complexity index is 989. The van der Waals surface area contributed by atoms with Crippen LogP contribution in [0.3, 0.4) is 0 Å². The zero-order valence-electron chi connectivity index (χ0n) is 15.0. The highest BCUT2D eigenvalue weighted by Crippen LogP contribution is 2.30. The van der Waals surface area contributed by atoms with Crippen molar-refractivity contribution in [2.45, 2.75) is 32.1 Å². The topological polar surface area (TPSA) is 84.2 Å². The lowest BCUT2D eigenvalue weighted by Gasteiger charge is -2.05. The second-order valence-corrected chi connectivity index (χ2v) is 8.11. The summed E-state index contributed by atoms with van der Waals surface area (Å²) in [6, 6.07) is 9.15. The van der Waals surface area contributed by atoms with Crippen molar-refractivity contribution < 1.29 is 14.0 Å². The monoisotopic (exact) mass is 415 g/mol. The molecular formula is C20H18ClN3O3S. The molecule has 0 radical (unpaired) electrons. The van der Waals surface area contributed by atoms with Gasteiger partial charge in [-0.2, -0.15) is 0 Å². The van der Waals surface area contributed by atoms with Crippen molar-refractivity contribution in [1.82, 2.24) is 15.8 Å². The number of rotatable bonds is 5. The van der Waals surface area contributed by atoms with Crippen LogP contribution in [0, 0.1) is 0 Å². The molecule has 2 N–H and O–H groups in total. The van der Waals surface area contributed by atoms with E-state index < -0.39 is 0 Å². The number of carbonyl (C=O) groups is 2. The first kappa shape index (κ1) is 18.7. The number of nitrogens with zero attached hydrogens (tertiary/aromatic N) is 1. The average molecular weight is 416 g/mol. The van der Waals surface area contributed by atoms with Gasteiger partial charge in [0.1, 0.15) is 0 Å². The molecule has 6 nitrogen and oxygen atoms in total. The predicted octanol–water partition coefficient (Wildman–Crippen LogP) is 3.94. The van der Waals surface area contributed by atoms with Crippen molar-refractivity contribution in [3.05, 3.63) is 62.8 Å². The first-order chi connectivity index (χ1) is 13.6. The number of hydrazine groups is 1. The smallest absolute Gasteiger partial charge is 0.279 e. The van der Waals surface area contributed by atoms with Crippen LogP contribution in [-0.4, -0.2) is 16.8 Å². The van der Waals surface area contributed by atoms with E-state index in [4.69, 9.17) is 16.0 Å². The van der Waals surface area contributed by atoms with Crippen LogP contribution >= 0.6 is 22.9 Å². The van der Waals surface area contributed by atoms with E-state index in [-0.39, 0.29) is 18.2 Å². The van der Waals surface area contributed by atoms with Crippen molar-refractivity contribution in [3.63, 3.8) is 0 Å². The van der Waals surface area contributed by atoms with Gasteiger partial charge in [-0.3, -0.25) is 20.4 Å². The molecule has 2 aromatic heterocycles. The Hall–Kier alpha value is -2.64. The molecule has 1 aromatic carbocycles. The molecule has 28 heavy (non-hydrogen) atoms. The Morgan fingerprint density at radius 2 is 2.00 bits per heavy atom. The van der Waals surface area contributed by atoms with E-state index in [9.17, 15) is 9.59 Å². The lowest BCUT2D eigenvalue weighted by molar-refractivity contribution is -0.121. The third kappa shape index (κ3) is 4.26. The predicted molar refractivity (Wildman–Crippen MR) is 107 cm³/mol. The lowest BCUT2D eigenvalue weighted by atomic mass is 10.2. The van der Waals surface area contributed by atoms with E-state index in [0.29, 0.717) is 28.0 Å². The number of fused-ring (bicyclic) bond motifs is 1. The van der Waals surface area contributed by atoms with E-state index in [2.05, 4.69) is 15.8 Å². The van der Waals surface area contributed by atoms with Gasteiger partial charge in [-0.15, -0.1) is 11.3 Å². The van der Waals surface area contributed by atoms with Gasteiger partial charge in [-0.05, 0) is 55.2 Å². The van der Waals surface area contributed by atoms with Gasteiger partial charge in [0.05, 0.1) is 11.1 Å². The number of aromatic nitrogens is 1. The standard InChI is InChI=1S/C20H18ClN3O3S/c21-14-6-4-12(5-7-14)15-11-22-19(27-15)9-8-18(25)23-24-20(26)17-10-13-2-1-3-16(13)28-17/h4-7,10-11H,1-3,8-9H2,(H,23,25)(H,24,26). The molecule has 144 valence electrons. The molecule has 0 unspecified atom stereocenters. The quantitative estimate of drug-likeness (QED) is 0.618. The van der Waals surface area contributed by atoms with Gasteiger partial charge < -0.3 is 4.42 Å². The first-order valence-electron chi connectivity index (χ1n) is 9.00. The number of nitrogens with one attached hydrogen (secondary N) is 2. The molecule has 0 fully saturated rings. The second-order valence-electron chi connectivity index (χ2n) is 6.54. The summed E-state index contributed by atoms with van der Waals surface area (Å²) < 4.78 is 5.67. The maximum Gasteiger partial charge on any atom is 0.279 e. The Morgan fingerprint density at radius 1 is 1.18 bits per heavy atom. The summed E-state index contributed by atoms with van der Waals surface area (Å²) in [6.45, 7) is 0. The molecule has 0 saturated heterocycles. The van der Waals surface area contributed by atoms with Crippen LogP contribution in [-0.2, 0) is 24.1 Å². The van der Waals surface area contributed by atoms with E-state index in [0.717, 1.165) is 24.8 Å². The fraction of sp³-hybridized carbons (Fsp3) is 0.250. The third-order valence-corrected chi connectivity index (χ3v) is 6.02. The lowest BCUT2D eigenvalue weighted by Crippen LogP contribution is -2.41. The molecular weight excluding hydrogens is 398 g/mol. The summed E-state index contributed by atoms with van der Waals surface area (Å²) in [5.41, 5.74) is 7.03. The molecule has 3 aromatic rings. The van der Waals surface area contributed by atoms with Crippen molar-refractivity contribution in [2.24, 2.45) is 0 Å². The van der Waals surface area contributed by atoms with Crippen molar-refractivity contribution >= 4 is 34.8 Å². The number of hydrogen-bond acceptors (Lipinski definition) is 5. The fourth-order valence-electron chi connectivity index (χ4n) is 3.09. The molecule has 1 aliphatic rings. The molecule has 2 amide bonds. The van der Waals surface area contributed by atoms with Crippen LogP contribution in [0.1, 0.15) is 38.8 Å². The Kier molecular flexibility index (Phi) is 5.45. The van der Waals surface area contributed by atoms with E-state index >= 15 is 0 Å². The summed E-state index contributed by atoms with van der Waals surface area (Å²) in [4.78, 5) is 30.3. The normalized spacial score (nSPS) is 12.6. The Labute approximate surface area is 170 Å². The molecule has 8 heteroatoms. The molecule has 0 atom stereocenters. The Balaban J connectivity index is 1.25. The van der Waals surface area contributed by atoms with E-state index in [1.807, 2.05) is 18.2 Å². The van der Waals surface area contributed by atoms with E-state index in [1.165, 1.54) is 21.8 Å². The van der Waals surface area contributed by atoms with Gasteiger partial charge in [0.25, 0.3) is 5.91 Å². The maximum absolute atomic E-state index is 12.2. The molecule has 4 rings (SSSR count). The number of hydrogen-bond donors (Lipinski definition) is 2. The van der Waals surface area contributed by atoms with Crippen molar-refractivity contribution in [2.75, 3.05) is 0 Å². The van der Waals surface area contributed by atoms with Crippen LogP contribution in [0.25, 0.3) is 11.3 Å². The van der Waals surface area contributed by atoms with Crippen molar-refractivity contribution in [1.29, 1.82) is 0 Å². The molecule has 0 aliphatic heterocycles. The molecule has 1 aliphatic carbocycles. The van der Waals surface area contributed by atoms with Crippen molar-refractivity contribution in [3.8, 4) is 11.3 Å². The van der Waals surface area contributed by atoms with Gasteiger partial charge in [0.15, 0.2) is 11.7 Å². The largest absolute Gasteiger partial charge is 0.441 e. The first-order valence-corrected chi connectivity index (χ1v) is 10.2. The van der Waals surface area contributed by atoms with Crippen LogP contribution in [0.5, 0.6) is 0 Å². The summed E-state index contributed by atoms with van der Waals surface area (Å²) in [6.07, 6.45) is 5.33. The molecule has 0 saturated carbocycles. The van der Waals surface area contributed by atoms with Crippen LogP contribution in [0.4, 0.5) is 0 Å².